The first-order valence-corrected chi connectivity index (χ1v) is 8.41. The van der Waals surface area contributed by atoms with Gasteiger partial charge in [-0.25, -0.2) is 0 Å². The molecule has 1 aromatic carbocycles. The number of carbonyl (C=O) groups is 2. The lowest BCUT2D eigenvalue weighted by molar-refractivity contribution is -0.126. The zero-order valence-electron chi connectivity index (χ0n) is 12.9. The molecule has 2 rings (SSSR count). The minimum atomic E-state index is -0.681. The summed E-state index contributed by atoms with van der Waals surface area (Å²) >= 11 is 3.34. The molecule has 128 valence electrons. The van der Waals surface area contributed by atoms with Gasteiger partial charge in [0.25, 0.3) is 5.91 Å². The highest BCUT2D eigenvalue weighted by Gasteiger charge is 2.36. The summed E-state index contributed by atoms with van der Waals surface area (Å²) in [6.45, 7) is 1.04. The van der Waals surface area contributed by atoms with Crippen molar-refractivity contribution in [3.63, 3.8) is 0 Å². The monoisotopic (exact) mass is 403 g/mol. The Morgan fingerprint density at radius 2 is 1.83 bits per heavy atom. The second kappa shape index (κ2) is 9.25. The van der Waals surface area contributed by atoms with Crippen LogP contribution in [-0.2, 0) is 4.79 Å². The van der Waals surface area contributed by atoms with E-state index in [4.69, 9.17) is 5.73 Å². The van der Waals surface area contributed by atoms with Crippen LogP contribution in [0.2, 0.25) is 0 Å². The fraction of sp³-hybridized carbons (Fsp3) is 0.500. The van der Waals surface area contributed by atoms with Gasteiger partial charge in [0, 0.05) is 23.1 Å². The largest absolute Gasteiger partial charge is 0.354 e. The summed E-state index contributed by atoms with van der Waals surface area (Å²) in [7, 11) is 0. The number of halogens is 2. The van der Waals surface area contributed by atoms with E-state index in [2.05, 4.69) is 26.6 Å². The van der Waals surface area contributed by atoms with Crippen molar-refractivity contribution in [2.75, 3.05) is 13.1 Å². The molecule has 0 saturated heterocycles. The number of hydrogen-bond donors (Lipinski definition) is 3. The Labute approximate surface area is 151 Å². The lowest BCUT2D eigenvalue weighted by atomic mass is 9.98. The topological polar surface area (TPSA) is 84.2 Å². The Morgan fingerprint density at radius 3 is 2.48 bits per heavy atom. The van der Waals surface area contributed by atoms with Crippen molar-refractivity contribution in [3.05, 3.63) is 34.3 Å². The summed E-state index contributed by atoms with van der Waals surface area (Å²) in [6, 6.07) is 7.23. The molecule has 1 aliphatic carbocycles. The molecular weight excluding hydrogens is 382 g/mol. The summed E-state index contributed by atoms with van der Waals surface area (Å²) < 4.78 is 0.872. The highest BCUT2D eigenvalue weighted by atomic mass is 79.9. The van der Waals surface area contributed by atoms with Crippen LogP contribution in [0, 0.1) is 0 Å². The maximum Gasteiger partial charge on any atom is 0.251 e. The van der Waals surface area contributed by atoms with Gasteiger partial charge in [0.2, 0.25) is 5.91 Å². The summed E-state index contributed by atoms with van der Waals surface area (Å²) in [5.74, 6) is -0.179. The van der Waals surface area contributed by atoms with E-state index in [1.165, 1.54) is 0 Å². The Hall–Kier alpha value is -1.11. The van der Waals surface area contributed by atoms with Gasteiger partial charge in [-0.2, -0.15) is 0 Å². The molecule has 23 heavy (non-hydrogen) atoms. The molecule has 0 radical (unpaired) electrons. The zero-order valence-corrected chi connectivity index (χ0v) is 15.3. The lowest BCUT2D eigenvalue weighted by Crippen LogP contribution is -2.52. The summed E-state index contributed by atoms with van der Waals surface area (Å²) in [6.07, 6.45) is 4.25. The molecule has 1 fully saturated rings. The number of nitrogens with one attached hydrogen (secondary N) is 2. The molecule has 5 nitrogen and oxygen atoms in total. The van der Waals surface area contributed by atoms with E-state index in [-0.39, 0.29) is 24.2 Å². The van der Waals surface area contributed by atoms with Gasteiger partial charge >= 0.3 is 0 Å². The zero-order chi connectivity index (χ0) is 16.0. The number of carbonyl (C=O) groups excluding carboxylic acids is 2. The second-order valence-electron chi connectivity index (χ2n) is 5.74. The van der Waals surface area contributed by atoms with Crippen molar-refractivity contribution in [1.29, 1.82) is 0 Å². The summed E-state index contributed by atoms with van der Waals surface area (Å²) in [5, 5.41) is 5.70. The fourth-order valence-corrected chi connectivity index (χ4v) is 3.03. The van der Waals surface area contributed by atoms with E-state index >= 15 is 0 Å². The van der Waals surface area contributed by atoms with E-state index in [9.17, 15) is 9.59 Å². The number of nitrogens with two attached hydrogens (primary N) is 1. The molecule has 0 atom stereocenters. The van der Waals surface area contributed by atoms with Gasteiger partial charge in [-0.1, -0.05) is 34.8 Å². The van der Waals surface area contributed by atoms with Crippen LogP contribution in [0.5, 0.6) is 0 Å². The van der Waals surface area contributed by atoms with Crippen LogP contribution in [0.15, 0.2) is 28.7 Å². The second-order valence-corrected chi connectivity index (χ2v) is 6.65. The van der Waals surface area contributed by atoms with Gasteiger partial charge in [0.15, 0.2) is 0 Å². The van der Waals surface area contributed by atoms with Crippen molar-refractivity contribution < 1.29 is 9.59 Å². The highest BCUT2D eigenvalue weighted by Crippen LogP contribution is 2.27. The highest BCUT2D eigenvalue weighted by molar-refractivity contribution is 9.10. The molecule has 0 heterocycles. The fourth-order valence-electron chi connectivity index (χ4n) is 2.63. The van der Waals surface area contributed by atoms with Crippen LogP contribution in [0.25, 0.3) is 0 Å². The van der Waals surface area contributed by atoms with Gasteiger partial charge < -0.3 is 16.4 Å². The molecule has 0 unspecified atom stereocenters. The first kappa shape index (κ1) is 19.9. The third-order valence-electron chi connectivity index (χ3n) is 3.96. The van der Waals surface area contributed by atoms with Crippen LogP contribution >= 0.6 is 28.3 Å². The first-order valence-electron chi connectivity index (χ1n) is 7.62. The molecule has 1 aromatic rings. The quantitative estimate of drug-likeness (QED) is 0.636. The number of amides is 2. The van der Waals surface area contributed by atoms with Crippen molar-refractivity contribution in [2.45, 2.75) is 37.6 Å². The lowest BCUT2D eigenvalue weighted by Gasteiger charge is -2.22. The van der Waals surface area contributed by atoms with E-state index in [0.29, 0.717) is 25.1 Å². The molecule has 0 bridgehead atoms. The summed E-state index contributed by atoms with van der Waals surface area (Å²) in [5.41, 5.74) is 6.00. The normalized spacial score (nSPS) is 15.6. The maximum absolute atomic E-state index is 12.0. The van der Waals surface area contributed by atoms with Crippen molar-refractivity contribution >= 4 is 40.2 Å². The number of benzene rings is 1. The van der Waals surface area contributed by atoms with Crippen molar-refractivity contribution in [3.8, 4) is 0 Å². The Kier molecular flexibility index (Phi) is 8.02. The van der Waals surface area contributed by atoms with Gasteiger partial charge in [0.1, 0.15) is 0 Å². The molecule has 7 heteroatoms. The minimum absolute atomic E-state index is 0. The number of hydrogen-bond acceptors (Lipinski definition) is 3. The van der Waals surface area contributed by atoms with E-state index in [1.807, 2.05) is 12.1 Å². The van der Waals surface area contributed by atoms with Crippen LogP contribution < -0.4 is 16.4 Å². The Bertz CT molecular complexity index is 548. The molecular formula is C16H23BrClN3O2. The molecule has 0 spiro atoms. The number of rotatable bonds is 6. The van der Waals surface area contributed by atoms with Gasteiger partial charge in [-0.05, 0) is 37.5 Å². The molecule has 2 amide bonds. The third kappa shape index (κ3) is 5.79. The Balaban J connectivity index is 0.00000264. The van der Waals surface area contributed by atoms with Crippen LogP contribution in [0.1, 0.15) is 42.5 Å². The van der Waals surface area contributed by atoms with Crippen molar-refractivity contribution in [1.82, 2.24) is 10.6 Å². The van der Waals surface area contributed by atoms with Gasteiger partial charge in [-0.3, -0.25) is 9.59 Å². The Morgan fingerprint density at radius 1 is 1.17 bits per heavy atom. The molecule has 4 N–H and O–H groups in total. The van der Waals surface area contributed by atoms with Crippen LogP contribution in [0.4, 0.5) is 0 Å². The first-order chi connectivity index (χ1) is 10.5. The van der Waals surface area contributed by atoms with Crippen molar-refractivity contribution in [2.24, 2.45) is 5.73 Å². The molecule has 0 aliphatic heterocycles. The molecule has 1 saturated carbocycles. The van der Waals surface area contributed by atoms with Gasteiger partial charge in [-0.15, -0.1) is 12.4 Å². The van der Waals surface area contributed by atoms with Crippen LogP contribution in [-0.4, -0.2) is 30.4 Å². The predicted molar refractivity (Wildman–Crippen MR) is 96.7 cm³/mol. The molecule has 1 aliphatic rings. The average molecular weight is 405 g/mol. The van der Waals surface area contributed by atoms with Gasteiger partial charge in [0.05, 0.1) is 5.54 Å². The van der Waals surface area contributed by atoms with E-state index < -0.39 is 5.54 Å². The minimum Gasteiger partial charge on any atom is -0.354 e. The summed E-state index contributed by atoms with van der Waals surface area (Å²) in [4.78, 5) is 23.9. The van der Waals surface area contributed by atoms with E-state index in [0.717, 1.165) is 30.2 Å². The third-order valence-corrected chi connectivity index (χ3v) is 4.45. The van der Waals surface area contributed by atoms with E-state index in [1.54, 1.807) is 12.1 Å². The predicted octanol–water partition coefficient (Wildman–Crippen LogP) is 2.38. The SMILES string of the molecule is Cl.NC1(C(=O)NCCCNC(=O)c2cccc(Br)c2)CCCC1. The smallest absolute Gasteiger partial charge is 0.251 e. The standard InChI is InChI=1S/C16H22BrN3O2.ClH/c17-13-6-3-5-12(11-13)14(21)19-9-4-10-20-15(22)16(18)7-1-2-8-16;/h3,5-6,11H,1-2,4,7-10,18H2,(H,19,21)(H,20,22);1H. The maximum atomic E-state index is 12.0. The average Bonchev–Trinajstić information content (AvgIpc) is 2.94. The molecule has 0 aromatic heterocycles. The van der Waals surface area contributed by atoms with Crippen LogP contribution in [0.3, 0.4) is 0 Å².